The van der Waals surface area contributed by atoms with Gasteiger partial charge in [0.25, 0.3) is 0 Å². The lowest BCUT2D eigenvalue weighted by Gasteiger charge is -2.18. The molecule has 1 aliphatic rings. The fraction of sp³-hybridized carbons (Fsp3) is 0.118. The monoisotopic (exact) mass is 288 g/mol. The maximum Gasteiger partial charge on any atom is 0.329 e. The summed E-state index contributed by atoms with van der Waals surface area (Å²) in [4.78, 5) is 15.9. The molecule has 0 aliphatic carbocycles. The molecule has 22 heavy (non-hydrogen) atoms. The van der Waals surface area contributed by atoms with E-state index in [2.05, 4.69) is 12.1 Å². The molecule has 1 saturated heterocycles. The van der Waals surface area contributed by atoms with Crippen LogP contribution in [0.25, 0.3) is 0 Å². The number of hydrogen-bond donors (Lipinski definition) is 0. The molecule has 0 aromatic heterocycles. The van der Waals surface area contributed by atoms with E-state index in [-0.39, 0.29) is 6.03 Å². The van der Waals surface area contributed by atoms with Gasteiger partial charge >= 0.3 is 6.03 Å². The number of urea groups is 1. The number of anilines is 2. The van der Waals surface area contributed by atoms with Crippen molar-refractivity contribution < 1.29 is 4.79 Å². The molecule has 5 heteroatoms. The molecule has 2 aromatic rings. The molecule has 0 atom stereocenters. The molecule has 106 valence electrons. The lowest BCUT2D eigenvalue weighted by atomic mass is 10.2. The highest BCUT2D eigenvalue weighted by atomic mass is 16.2. The first-order chi connectivity index (χ1) is 10.7. The van der Waals surface area contributed by atoms with Crippen molar-refractivity contribution in [1.82, 2.24) is 0 Å². The van der Waals surface area contributed by atoms with Crippen LogP contribution in [-0.4, -0.2) is 19.1 Å². The second-order valence-electron chi connectivity index (χ2n) is 4.90. The molecule has 0 radical (unpaired) electrons. The molecule has 1 heterocycles. The van der Waals surface area contributed by atoms with Gasteiger partial charge in [0.05, 0.1) is 23.3 Å². The molecule has 2 amide bonds. The zero-order valence-electron chi connectivity index (χ0n) is 11.7. The molecule has 0 spiro atoms. The van der Waals surface area contributed by atoms with Crippen LogP contribution in [0.15, 0.2) is 48.5 Å². The summed E-state index contributed by atoms with van der Waals surface area (Å²) in [6.45, 7) is 1.18. The van der Waals surface area contributed by atoms with Gasteiger partial charge in [-0.15, -0.1) is 0 Å². The molecule has 2 aromatic carbocycles. The summed E-state index contributed by atoms with van der Waals surface area (Å²) in [6.07, 6.45) is 0. The molecule has 1 aliphatic heterocycles. The molecule has 1 fully saturated rings. The minimum atomic E-state index is -0.102. The fourth-order valence-corrected chi connectivity index (χ4v) is 2.45. The number of amides is 2. The molecular formula is C17H12N4O. The zero-order chi connectivity index (χ0) is 15.5. The second-order valence-corrected chi connectivity index (χ2v) is 4.90. The fourth-order valence-electron chi connectivity index (χ4n) is 2.45. The van der Waals surface area contributed by atoms with Crippen molar-refractivity contribution >= 4 is 17.4 Å². The number of rotatable bonds is 2. The summed E-state index contributed by atoms with van der Waals surface area (Å²) in [5.74, 6) is 0. The summed E-state index contributed by atoms with van der Waals surface area (Å²) < 4.78 is 0. The van der Waals surface area contributed by atoms with Crippen molar-refractivity contribution in [2.75, 3.05) is 22.9 Å². The highest BCUT2D eigenvalue weighted by Crippen LogP contribution is 2.25. The van der Waals surface area contributed by atoms with E-state index in [4.69, 9.17) is 10.5 Å². The van der Waals surface area contributed by atoms with Crippen LogP contribution in [0, 0.1) is 22.7 Å². The van der Waals surface area contributed by atoms with E-state index in [1.807, 2.05) is 0 Å². The Kier molecular flexibility index (Phi) is 3.47. The first-order valence-corrected chi connectivity index (χ1v) is 6.82. The summed E-state index contributed by atoms with van der Waals surface area (Å²) >= 11 is 0. The molecule has 0 bridgehead atoms. The minimum Gasteiger partial charge on any atom is -0.292 e. The zero-order valence-corrected chi connectivity index (χ0v) is 11.7. The first kappa shape index (κ1) is 13.7. The predicted octanol–water partition coefficient (Wildman–Crippen LogP) is 2.88. The van der Waals surface area contributed by atoms with Gasteiger partial charge in [0.15, 0.2) is 0 Å². The molecule has 0 N–H and O–H groups in total. The number of nitrogens with zero attached hydrogens (tertiary/aromatic N) is 4. The van der Waals surface area contributed by atoms with E-state index in [1.165, 1.54) is 0 Å². The molecule has 3 rings (SSSR count). The first-order valence-electron chi connectivity index (χ1n) is 6.82. The molecule has 5 nitrogen and oxygen atoms in total. The van der Waals surface area contributed by atoms with Gasteiger partial charge in [0.2, 0.25) is 0 Å². The number of benzene rings is 2. The van der Waals surface area contributed by atoms with Crippen LogP contribution in [0.4, 0.5) is 16.2 Å². The van der Waals surface area contributed by atoms with Crippen LogP contribution in [0.1, 0.15) is 11.1 Å². The van der Waals surface area contributed by atoms with Crippen LogP contribution in [0.3, 0.4) is 0 Å². The lowest BCUT2D eigenvalue weighted by Crippen LogP contribution is -2.31. The van der Waals surface area contributed by atoms with Crippen molar-refractivity contribution in [2.24, 2.45) is 0 Å². The van der Waals surface area contributed by atoms with Gasteiger partial charge in [-0.3, -0.25) is 9.80 Å². The van der Waals surface area contributed by atoms with E-state index in [0.29, 0.717) is 24.2 Å². The Morgan fingerprint density at radius 2 is 1.09 bits per heavy atom. The van der Waals surface area contributed by atoms with E-state index in [0.717, 1.165) is 11.4 Å². The largest absolute Gasteiger partial charge is 0.329 e. The van der Waals surface area contributed by atoms with Crippen LogP contribution >= 0.6 is 0 Å². The predicted molar refractivity (Wildman–Crippen MR) is 82.4 cm³/mol. The minimum absolute atomic E-state index is 0.102. The number of hydrogen-bond acceptors (Lipinski definition) is 3. The highest BCUT2D eigenvalue weighted by molar-refractivity contribution is 6.06. The van der Waals surface area contributed by atoms with Gasteiger partial charge in [0, 0.05) is 24.5 Å². The Bertz CT molecular complexity index is 714. The van der Waals surface area contributed by atoms with Gasteiger partial charge in [-0.05, 0) is 48.5 Å². The third kappa shape index (κ3) is 2.36. The summed E-state index contributed by atoms with van der Waals surface area (Å²) in [5.41, 5.74) is 2.69. The normalized spacial score (nSPS) is 13.8. The summed E-state index contributed by atoms with van der Waals surface area (Å²) in [5, 5.41) is 17.6. The van der Waals surface area contributed by atoms with Crippen molar-refractivity contribution in [1.29, 1.82) is 10.5 Å². The smallest absolute Gasteiger partial charge is 0.292 e. The Labute approximate surface area is 128 Å². The van der Waals surface area contributed by atoms with Crippen molar-refractivity contribution in [3.8, 4) is 12.1 Å². The Hall–Kier alpha value is -3.31. The number of carbonyl (C=O) groups is 1. The number of nitriles is 2. The maximum absolute atomic E-state index is 12.5. The Morgan fingerprint density at radius 1 is 0.727 bits per heavy atom. The quantitative estimate of drug-likeness (QED) is 0.853. The van der Waals surface area contributed by atoms with Gasteiger partial charge in [-0.1, -0.05) is 0 Å². The summed E-state index contributed by atoms with van der Waals surface area (Å²) in [7, 11) is 0. The maximum atomic E-state index is 12.5. The van der Waals surface area contributed by atoms with E-state index in [9.17, 15) is 4.79 Å². The van der Waals surface area contributed by atoms with Crippen molar-refractivity contribution in [3.05, 3.63) is 59.7 Å². The third-order valence-corrected chi connectivity index (χ3v) is 3.63. The Balaban J connectivity index is 1.82. The average molecular weight is 288 g/mol. The van der Waals surface area contributed by atoms with E-state index < -0.39 is 0 Å². The van der Waals surface area contributed by atoms with Gasteiger partial charge < -0.3 is 0 Å². The van der Waals surface area contributed by atoms with Gasteiger partial charge in [0.1, 0.15) is 0 Å². The van der Waals surface area contributed by atoms with Crippen LogP contribution < -0.4 is 9.80 Å². The molecule has 0 unspecified atom stereocenters. The topological polar surface area (TPSA) is 71.1 Å². The standard InChI is InChI=1S/C17H12N4O/c18-11-13-1-5-15(6-2-13)20-9-10-21(17(20)22)16-7-3-14(12-19)4-8-16/h1-8H,9-10H2. The Morgan fingerprint density at radius 3 is 1.41 bits per heavy atom. The average Bonchev–Trinajstić information content (AvgIpc) is 2.96. The van der Waals surface area contributed by atoms with Crippen molar-refractivity contribution in [2.45, 2.75) is 0 Å². The van der Waals surface area contributed by atoms with E-state index in [1.54, 1.807) is 58.3 Å². The summed E-state index contributed by atoms with van der Waals surface area (Å²) in [6, 6.07) is 17.9. The lowest BCUT2D eigenvalue weighted by molar-refractivity contribution is 0.256. The van der Waals surface area contributed by atoms with Crippen molar-refractivity contribution in [3.63, 3.8) is 0 Å². The molecule has 0 saturated carbocycles. The van der Waals surface area contributed by atoms with Gasteiger partial charge in [-0.25, -0.2) is 4.79 Å². The number of carbonyl (C=O) groups excluding carboxylic acids is 1. The van der Waals surface area contributed by atoms with Crippen LogP contribution in [0.2, 0.25) is 0 Å². The van der Waals surface area contributed by atoms with Gasteiger partial charge in [-0.2, -0.15) is 10.5 Å². The third-order valence-electron chi connectivity index (χ3n) is 3.63. The highest BCUT2D eigenvalue weighted by Gasteiger charge is 2.30. The molecular weight excluding hydrogens is 276 g/mol. The second kappa shape index (κ2) is 5.59. The van der Waals surface area contributed by atoms with Crippen LogP contribution in [-0.2, 0) is 0 Å². The van der Waals surface area contributed by atoms with Crippen LogP contribution in [0.5, 0.6) is 0 Å². The van der Waals surface area contributed by atoms with E-state index >= 15 is 0 Å². The SMILES string of the molecule is N#Cc1ccc(N2CCN(c3ccc(C#N)cc3)C2=O)cc1.